The van der Waals surface area contributed by atoms with E-state index in [1.807, 2.05) is 6.92 Å². The second kappa shape index (κ2) is 5.47. The third-order valence-corrected chi connectivity index (χ3v) is 3.15. The van der Waals surface area contributed by atoms with Crippen molar-refractivity contribution in [2.75, 3.05) is 5.32 Å². The first kappa shape index (κ1) is 13.6. The Morgan fingerprint density at radius 3 is 2.68 bits per heavy atom. The van der Waals surface area contributed by atoms with Gasteiger partial charge >= 0.3 is 0 Å². The number of pyridine rings is 1. The molecule has 6 heteroatoms. The molecular weight excluding hydrogens is 287 g/mol. The zero-order chi connectivity index (χ0) is 14.0. The van der Waals surface area contributed by atoms with E-state index in [4.69, 9.17) is 23.2 Å². The van der Waals surface area contributed by atoms with Crippen LogP contribution >= 0.6 is 23.2 Å². The number of halogens is 2. The third-order valence-electron chi connectivity index (χ3n) is 2.56. The number of aromatic hydroxyl groups is 1. The molecule has 0 aliphatic heterocycles. The smallest absolute Gasteiger partial charge is 0.255 e. The summed E-state index contributed by atoms with van der Waals surface area (Å²) < 4.78 is 0. The van der Waals surface area contributed by atoms with E-state index >= 15 is 0 Å². The van der Waals surface area contributed by atoms with Crippen LogP contribution in [0.4, 0.5) is 5.69 Å². The largest absolute Gasteiger partial charge is 0.506 e. The molecule has 0 radical (unpaired) electrons. The first-order chi connectivity index (χ1) is 8.99. The van der Waals surface area contributed by atoms with E-state index in [2.05, 4.69) is 10.3 Å². The van der Waals surface area contributed by atoms with Gasteiger partial charge in [0.05, 0.1) is 10.7 Å². The van der Waals surface area contributed by atoms with Crippen LogP contribution in [-0.4, -0.2) is 16.0 Å². The van der Waals surface area contributed by atoms with Crippen molar-refractivity contribution in [1.29, 1.82) is 0 Å². The van der Waals surface area contributed by atoms with Crippen molar-refractivity contribution in [2.24, 2.45) is 0 Å². The van der Waals surface area contributed by atoms with Gasteiger partial charge in [0.15, 0.2) is 5.15 Å². The maximum atomic E-state index is 12.0. The molecule has 0 unspecified atom stereocenters. The minimum atomic E-state index is -0.375. The lowest BCUT2D eigenvalue weighted by atomic mass is 10.2. The molecule has 0 aliphatic rings. The molecule has 1 amide bonds. The fourth-order valence-electron chi connectivity index (χ4n) is 1.51. The van der Waals surface area contributed by atoms with Gasteiger partial charge < -0.3 is 10.4 Å². The number of amides is 1. The van der Waals surface area contributed by atoms with E-state index in [0.717, 1.165) is 5.56 Å². The van der Waals surface area contributed by atoms with Crippen molar-refractivity contribution in [3.63, 3.8) is 0 Å². The lowest BCUT2D eigenvalue weighted by Gasteiger charge is -2.09. The molecule has 98 valence electrons. The fraction of sp³-hybridized carbons (Fsp3) is 0.0769. The number of carbonyl (C=O) groups is 1. The Kier molecular flexibility index (Phi) is 3.93. The van der Waals surface area contributed by atoms with Crippen LogP contribution < -0.4 is 5.32 Å². The van der Waals surface area contributed by atoms with Gasteiger partial charge in [0.1, 0.15) is 5.75 Å². The molecule has 1 aromatic carbocycles. The van der Waals surface area contributed by atoms with Crippen molar-refractivity contribution >= 4 is 34.8 Å². The van der Waals surface area contributed by atoms with E-state index in [1.54, 1.807) is 12.3 Å². The number of hydrogen-bond donors (Lipinski definition) is 2. The van der Waals surface area contributed by atoms with Gasteiger partial charge in [-0.2, -0.15) is 0 Å². The zero-order valence-electron chi connectivity index (χ0n) is 9.95. The maximum absolute atomic E-state index is 12.0. The lowest BCUT2D eigenvalue weighted by Crippen LogP contribution is -2.13. The summed E-state index contributed by atoms with van der Waals surface area (Å²) in [5.74, 6) is -0.450. The molecule has 19 heavy (non-hydrogen) atoms. The van der Waals surface area contributed by atoms with E-state index in [0.29, 0.717) is 11.3 Å². The van der Waals surface area contributed by atoms with Crippen LogP contribution in [0.1, 0.15) is 15.9 Å². The number of hydrogen-bond acceptors (Lipinski definition) is 3. The quantitative estimate of drug-likeness (QED) is 0.832. The standard InChI is InChI=1S/C13H10Cl2N2O2/c1-7-4-5-16-12(15)11(7)17-13(19)8-2-3-10(18)9(14)6-8/h2-6,18H,1H3,(H,17,19). The van der Waals surface area contributed by atoms with Crippen LogP contribution in [0.5, 0.6) is 5.75 Å². The number of nitrogens with zero attached hydrogens (tertiary/aromatic N) is 1. The van der Waals surface area contributed by atoms with Crippen LogP contribution in [0, 0.1) is 6.92 Å². The Morgan fingerprint density at radius 2 is 2.05 bits per heavy atom. The van der Waals surface area contributed by atoms with Gasteiger partial charge in [0, 0.05) is 11.8 Å². The molecule has 2 rings (SSSR count). The summed E-state index contributed by atoms with van der Waals surface area (Å²) in [6.45, 7) is 1.81. The third kappa shape index (κ3) is 2.97. The molecule has 1 heterocycles. The van der Waals surface area contributed by atoms with Gasteiger partial charge in [-0.05, 0) is 36.8 Å². The van der Waals surface area contributed by atoms with Crippen LogP contribution in [0.25, 0.3) is 0 Å². The Bertz CT molecular complexity index is 624. The Balaban J connectivity index is 2.28. The van der Waals surface area contributed by atoms with Gasteiger partial charge in [-0.25, -0.2) is 4.98 Å². The Morgan fingerprint density at radius 1 is 1.32 bits per heavy atom. The van der Waals surface area contributed by atoms with Gasteiger partial charge in [-0.1, -0.05) is 23.2 Å². The van der Waals surface area contributed by atoms with Crippen molar-refractivity contribution < 1.29 is 9.90 Å². The number of anilines is 1. The molecular formula is C13H10Cl2N2O2. The maximum Gasteiger partial charge on any atom is 0.255 e. The number of rotatable bonds is 2. The molecule has 0 bridgehead atoms. The average molecular weight is 297 g/mol. The van der Waals surface area contributed by atoms with Crippen LogP contribution in [0.2, 0.25) is 10.2 Å². The predicted molar refractivity (Wildman–Crippen MR) is 75.1 cm³/mol. The number of benzene rings is 1. The highest BCUT2D eigenvalue weighted by Crippen LogP contribution is 2.26. The first-order valence-corrected chi connectivity index (χ1v) is 6.15. The number of aromatic nitrogens is 1. The van der Waals surface area contributed by atoms with E-state index in [1.165, 1.54) is 18.2 Å². The summed E-state index contributed by atoms with van der Waals surface area (Å²) in [6.07, 6.45) is 1.56. The fourth-order valence-corrected chi connectivity index (χ4v) is 1.94. The number of phenols is 1. The molecule has 0 saturated carbocycles. The van der Waals surface area contributed by atoms with E-state index in [9.17, 15) is 9.90 Å². The number of phenolic OH excluding ortho intramolecular Hbond substituents is 1. The highest BCUT2D eigenvalue weighted by molar-refractivity contribution is 6.33. The van der Waals surface area contributed by atoms with Crippen molar-refractivity contribution in [1.82, 2.24) is 4.98 Å². The number of carbonyl (C=O) groups excluding carboxylic acids is 1. The number of nitrogens with one attached hydrogen (secondary N) is 1. The van der Waals surface area contributed by atoms with Gasteiger partial charge in [-0.3, -0.25) is 4.79 Å². The van der Waals surface area contributed by atoms with Crippen molar-refractivity contribution in [3.8, 4) is 5.75 Å². The topological polar surface area (TPSA) is 62.2 Å². The first-order valence-electron chi connectivity index (χ1n) is 5.40. The zero-order valence-corrected chi connectivity index (χ0v) is 11.5. The minimum absolute atomic E-state index is 0.0752. The van der Waals surface area contributed by atoms with Gasteiger partial charge in [-0.15, -0.1) is 0 Å². The summed E-state index contributed by atoms with van der Waals surface area (Å²) in [6, 6.07) is 5.95. The van der Waals surface area contributed by atoms with Crippen LogP contribution in [0.15, 0.2) is 30.5 Å². The molecule has 4 nitrogen and oxygen atoms in total. The minimum Gasteiger partial charge on any atom is -0.506 e. The lowest BCUT2D eigenvalue weighted by molar-refractivity contribution is 0.102. The van der Waals surface area contributed by atoms with E-state index in [-0.39, 0.29) is 21.8 Å². The Hall–Kier alpha value is -1.78. The molecule has 0 fully saturated rings. The summed E-state index contributed by atoms with van der Waals surface area (Å²) >= 11 is 11.7. The van der Waals surface area contributed by atoms with Gasteiger partial charge in [0.25, 0.3) is 5.91 Å². The molecule has 0 aliphatic carbocycles. The summed E-state index contributed by atoms with van der Waals surface area (Å²) in [7, 11) is 0. The highest BCUT2D eigenvalue weighted by atomic mass is 35.5. The molecule has 0 saturated heterocycles. The summed E-state index contributed by atoms with van der Waals surface area (Å²) in [4.78, 5) is 15.9. The van der Waals surface area contributed by atoms with Crippen LogP contribution in [0.3, 0.4) is 0 Å². The molecule has 0 atom stereocenters. The molecule has 1 aromatic heterocycles. The van der Waals surface area contributed by atoms with Crippen molar-refractivity contribution in [3.05, 3.63) is 51.8 Å². The molecule has 2 aromatic rings. The number of aryl methyl sites for hydroxylation is 1. The van der Waals surface area contributed by atoms with Crippen LogP contribution in [-0.2, 0) is 0 Å². The highest BCUT2D eigenvalue weighted by Gasteiger charge is 2.12. The molecule has 0 spiro atoms. The molecule has 2 N–H and O–H groups in total. The SMILES string of the molecule is Cc1ccnc(Cl)c1NC(=O)c1ccc(O)c(Cl)c1. The average Bonchev–Trinajstić information content (AvgIpc) is 2.37. The summed E-state index contributed by atoms with van der Waals surface area (Å²) in [5, 5.41) is 12.3. The Labute approximate surface area is 120 Å². The van der Waals surface area contributed by atoms with Crippen molar-refractivity contribution in [2.45, 2.75) is 6.92 Å². The second-order valence-corrected chi connectivity index (χ2v) is 4.68. The normalized spacial score (nSPS) is 10.3. The summed E-state index contributed by atoms with van der Waals surface area (Å²) in [5.41, 5.74) is 1.58. The second-order valence-electron chi connectivity index (χ2n) is 3.91. The monoisotopic (exact) mass is 296 g/mol. The van der Waals surface area contributed by atoms with Gasteiger partial charge in [0.2, 0.25) is 0 Å². The van der Waals surface area contributed by atoms with E-state index < -0.39 is 0 Å². The predicted octanol–water partition coefficient (Wildman–Crippen LogP) is 3.65.